The number of aryl methyl sites for hydroxylation is 1. The molecule has 0 radical (unpaired) electrons. The summed E-state index contributed by atoms with van der Waals surface area (Å²) in [6.45, 7) is 5.44. The number of nitrogens with zero attached hydrogens (tertiary/aromatic N) is 4. The van der Waals surface area contributed by atoms with Crippen LogP contribution in [-0.4, -0.2) is 54.9 Å². The van der Waals surface area contributed by atoms with Gasteiger partial charge in [-0.3, -0.25) is 4.99 Å². The summed E-state index contributed by atoms with van der Waals surface area (Å²) in [5.41, 5.74) is 2.08. The van der Waals surface area contributed by atoms with Gasteiger partial charge in [0, 0.05) is 51.7 Å². The summed E-state index contributed by atoms with van der Waals surface area (Å²) >= 11 is 0. The van der Waals surface area contributed by atoms with E-state index in [1.54, 1.807) is 0 Å². The highest BCUT2D eigenvalue weighted by Crippen LogP contribution is 2.19. The molecule has 1 aliphatic heterocycles. The van der Waals surface area contributed by atoms with Crippen LogP contribution in [0.25, 0.3) is 11.5 Å². The maximum atomic E-state index is 5.47. The Morgan fingerprint density at radius 2 is 2.30 bits per heavy atom. The summed E-state index contributed by atoms with van der Waals surface area (Å²) in [4.78, 5) is 11.0. The average Bonchev–Trinajstić information content (AvgIpc) is 3.35. The van der Waals surface area contributed by atoms with Crippen molar-refractivity contribution in [2.45, 2.75) is 32.7 Å². The number of rotatable bonds is 7. The van der Waals surface area contributed by atoms with Crippen LogP contribution in [0.4, 0.5) is 0 Å². The highest BCUT2D eigenvalue weighted by atomic mass is 16.5. The van der Waals surface area contributed by atoms with Gasteiger partial charge in [-0.05, 0) is 30.5 Å². The van der Waals surface area contributed by atoms with Gasteiger partial charge in [-0.15, -0.1) is 0 Å². The van der Waals surface area contributed by atoms with Crippen LogP contribution in [0.1, 0.15) is 31.2 Å². The van der Waals surface area contributed by atoms with E-state index in [0.29, 0.717) is 18.4 Å². The standard InChI is InChI=1S/C20H29N5O2/c1-4-6-18-23-19(27-24-18)17-8-5-7-15(11-17)12-22-20(21-2)25(3)13-16-9-10-26-14-16/h5,7-8,11,16H,4,6,9-10,12-14H2,1-3H3,(H,21,22). The van der Waals surface area contributed by atoms with Crippen molar-refractivity contribution in [1.29, 1.82) is 0 Å². The van der Waals surface area contributed by atoms with E-state index >= 15 is 0 Å². The molecule has 2 aromatic rings. The molecular weight excluding hydrogens is 342 g/mol. The average molecular weight is 371 g/mol. The van der Waals surface area contributed by atoms with E-state index in [4.69, 9.17) is 9.26 Å². The second kappa shape index (κ2) is 9.50. The molecule has 146 valence electrons. The fraction of sp³-hybridized carbons (Fsp3) is 0.550. The van der Waals surface area contributed by atoms with Crippen LogP contribution in [0.15, 0.2) is 33.8 Å². The maximum absolute atomic E-state index is 5.47. The Bertz CT molecular complexity index is 752. The molecule has 1 aliphatic rings. The molecule has 3 rings (SSSR count). The minimum absolute atomic E-state index is 0.572. The second-order valence-corrected chi connectivity index (χ2v) is 6.98. The molecule has 27 heavy (non-hydrogen) atoms. The Labute approximate surface area is 160 Å². The summed E-state index contributed by atoms with van der Waals surface area (Å²) < 4.78 is 10.9. The second-order valence-electron chi connectivity index (χ2n) is 6.98. The molecule has 1 aromatic carbocycles. The minimum atomic E-state index is 0.572. The third kappa shape index (κ3) is 5.29. The molecule has 0 spiro atoms. The molecule has 1 fully saturated rings. The Balaban J connectivity index is 1.59. The minimum Gasteiger partial charge on any atom is -0.381 e. The number of aliphatic imine (C=N–C) groups is 1. The zero-order chi connectivity index (χ0) is 19.1. The Morgan fingerprint density at radius 1 is 1.41 bits per heavy atom. The lowest BCUT2D eigenvalue weighted by Gasteiger charge is -2.24. The zero-order valence-electron chi connectivity index (χ0n) is 16.4. The van der Waals surface area contributed by atoms with E-state index in [9.17, 15) is 0 Å². The fourth-order valence-corrected chi connectivity index (χ4v) is 3.28. The highest BCUT2D eigenvalue weighted by Gasteiger charge is 2.19. The molecule has 1 aromatic heterocycles. The van der Waals surface area contributed by atoms with E-state index in [0.717, 1.165) is 61.9 Å². The molecule has 7 heteroatoms. The predicted molar refractivity (Wildman–Crippen MR) is 105 cm³/mol. The van der Waals surface area contributed by atoms with Gasteiger partial charge in [-0.25, -0.2) is 0 Å². The molecule has 2 heterocycles. The first kappa shape index (κ1) is 19.4. The first-order chi connectivity index (χ1) is 13.2. The lowest BCUT2D eigenvalue weighted by molar-refractivity contribution is 0.181. The Hall–Kier alpha value is -2.41. The lowest BCUT2D eigenvalue weighted by Crippen LogP contribution is -2.41. The van der Waals surface area contributed by atoms with Gasteiger partial charge in [-0.1, -0.05) is 24.2 Å². The maximum Gasteiger partial charge on any atom is 0.257 e. The predicted octanol–water partition coefficient (Wildman–Crippen LogP) is 2.73. The third-order valence-electron chi connectivity index (χ3n) is 4.70. The number of aromatic nitrogens is 2. The van der Waals surface area contributed by atoms with Crippen LogP contribution < -0.4 is 5.32 Å². The van der Waals surface area contributed by atoms with Crippen molar-refractivity contribution in [3.8, 4) is 11.5 Å². The van der Waals surface area contributed by atoms with Gasteiger partial charge in [0.05, 0.1) is 6.61 Å². The monoisotopic (exact) mass is 371 g/mol. The first-order valence-corrected chi connectivity index (χ1v) is 9.61. The molecule has 1 N–H and O–H groups in total. The van der Waals surface area contributed by atoms with Gasteiger partial charge < -0.3 is 19.5 Å². The zero-order valence-corrected chi connectivity index (χ0v) is 16.4. The van der Waals surface area contributed by atoms with Crippen LogP contribution in [0.2, 0.25) is 0 Å². The third-order valence-corrected chi connectivity index (χ3v) is 4.70. The number of nitrogens with one attached hydrogen (secondary N) is 1. The van der Waals surface area contributed by atoms with Gasteiger partial charge in [-0.2, -0.15) is 4.98 Å². The summed E-state index contributed by atoms with van der Waals surface area (Å²) in [6, 6.07) is 8.17. The number of guanidine groups is 1. The van der Waals surface area contributed by atoms with E-state index in [1.165, 1.54) is 0 Å². The SMILES string of the molecule is CCCc1noc(-c2cccc(CNC(=NC)N(C)CC3CCOC3)c2)n1. The van der Waals surface area contributed by atoms with Crippen molar-refractivity contribution in [3.63, 3.8) is 0 Å². The molecule has 0 aliphatic carbocycles. The van der Waals surface area contributed by atoms with Crippen molar-refractivity contribution in [1.82, 2.24) is 20.4 Å². The summed E-state index contributed by atoms with van der Waals surface area (Å²) in [5, 5.41) is 7.47. The topological polar surface area (TPSA) is 75.8 Å². The first-order valence-electron chi connectivity index (χ1n) is 9.61. The summed E-state index contributed by atoms with van der Waals surface area (Å²) in [5.74, 6) is 2.79. The van der Waals surface area contributed by atoms with Gasteiger partial charge in [0.1, 0.15) is 0 Å². The van der Waals surface area contributed by atoms with Crippen LogP contribution in [-0.2, 0) is 17.7 Å². The van der Waals surface area contributed by atoms with Crippen LogP contribution >= 0.6 is 0 Å². The smallest absolute Gasteiger partial charge is 0.257 e. The van der Waals surface area contributed by atoms with E-state index in [2.05, 4.69) is 51.5 Å². The largest absolute Gasteiger partial charge is 0.381 e. The van der Waals surface area contributed by atoms with Gasteiger partial charge in [0.15, 0.2) is 11.8 Å². The molecule has 0 amide bonds. The van der Waals surface area contributed by atoms with E-state index in [-0.39, 0.29) is 0 Å². The molecular formula is C20H29N5O2. The Kier molecular flexibility index (Phi) is 6.81. The highest BCUT2D eigenvalue weighted by molar-refractivity contribution is 5.79. The quantitative estimate of drug-likeness (QED) is 0.596. The van der Waals surface area contributed by atoms with Gasteiger partial charge >= 0.3 is 0 Å². The Morgan fingerprint density at radius 3 is 3.04 bits per heavy atom. The van der Waals surface area contributed by atoms with E-state index in [1.807, 2.05) is 19.2 Å². The normalized spacial score (nSPS) is 17.3. The van der Waals surface area contributed by atoms with Crippen LogP contribution in [0, 0.1) is 5.92 Å². The molecule has 1 unspecified atom stereocenters. The number of hydrogen-bond acceptors (Lipinski definition) is 5. The van der Waals surface area contributed by atoms with Crippen LogP contribution in [0.3, 0.4) is 0 Å². The lowest BCUT2D eigenvalue weighted by atomic mass is 10.1. The van der Waals surface area contributed by atoms with Crippen LogP contribution in [0.5, 0.6) is 0 Å². The van der Waals surface area contributed by atoms with Crippen molar-refractivity contribution < 1.29 is 9.26 Å². The molecule has 1 saturated heterocycles. The molecule has 0 bridgehead atoms. The number of hydrogen-bond donors (Lipinski definition) is 1. The van der Waals surface area contributed by atoms with Crippen molar-refractivity contribution >= 4 is 5.96 Å². The molecule has 1 atom stereocenters. The number of benzene rings is 1. The van der Waals surface area contributed by atoms with Crippen molar-refractivity contribution in [3.05, 3.63) is 35.7 Å². The van der Waals surface area contributed by atoms with E-state index < -0.39 is 0 Å². The van der Waals surface area contributed by atoms with Crippen molar-refractivity contribution in [2.24, 2.45) is 10.9 Å². The number of ether oxygens (including phenoxy) is 1. The fourth-order valence-electron chi connectivity index (χ4n) is 3.28. The molecule has 0 saturated carbocycles. The van der Waals surface area contributed by atoms with Gasteiger partial charge in [0.25, 0.3) is 5.89 Å². The van der Waals surface area contributed by atoms with Gasteiger partial charge in [0.2, 0.25) is 0 Å². The summed E-state index contributed by atoms with van der Waals surface area (Å²) in [6.07, 6.45) is 2.95. The molecule has 7 nitrogen and oxygen atoms in total. The van der Waals surface area contributed by atoms with Crippen molar-refractivity contribution in [2.75, 3.05) is 33.9 Å². The summed E-state index contributed by atoms with van der Waals surface area (Å²) in [7, 11) is 3.88.